The number of benzene rings is 1. The van der Waals surface area contributed by atoms with E-state index in [1.807, 2.05) is 6.07 Å². The fourth-order valence-electron chi connectivity index (χ4n) is 2.39. The van der Waals surface area contributed by atoms with Crippen molar-refractivity contribution < 1.29 is 4.79 Å². The Balaban J connectivity index is 1.96. The molecule has 1 aromatic carbocycles. The number of nitrogens with one attached hydrogen (secondary N) is 1. The van der Waals surface area contributed by atoms with Crippen molar-refractivity contribution in [2.24, 2.45) is 0 Å². The predicted molar refractivity (Wildman–Crippen MR) is 85.1 cm³/mol. The molecule has 108 valence electrons. The van der Waals surface area contributed by atoms with Crippen LogP contribution in [0, 0.1) is 0 Å². The Morgan fingerprint density at radius 1 is 1.29 bits per heavy atom. The third kappa shape index (κ3) is 2.69. The molecule has 3 rings (SSSR count). The van der Waals surface area contributed by atoms with E-state index >= 15 is 0 Å². The Bertz CT molecular complexity index is 718. The second-order valence-corrected chi connectivity index (χ2v) is 5.65. The number of amides is 1. The van der Waals surface area contributed by atoms with E-state index in [1.54, 1.807) is 36.2 Å². The van der Waals surface area contributed by atoms with E-state index in [1.165, 1.54) is 0 Å². The second kappa shape index (κ2) is 5.54. The maximum absolute atomic E-state index is 12.2. The molecule has 21 heavy (non-hydrogen) atoms. The van der Waals surface area contributed by atoms with Gasteiger partial charge in [0.2, 0.25) is 5.91 Å². The van der Waals surface area contributed by atoms with Crippen molar-refractivity contribution in [2.75, 3.05) is 17.3 Å². The highest BCUT2D eigenvalue weighted by Gasteiger charge is 2.28. The van der Waals surface area contributed by atoms with E-state index in [9.17, 15) is 4.79 Å². The first-order valence-electron chi connectivity index (χ1n) is 6.50. The Morgan fingerprint density at radius 3 is 2.86 bits per heavy atom. The van der Waals surface area contributed by atoms with Crippen LogP contribution in [-0.4, -0.2) is 17.9 Å². The Kier molecular flexibility index (Phi) is 3.74. The first-order chi connectivity index (χ1) is 10.1. The van der Waals surface area contributed by atoms with E-state index in [0.29, 0.717) is 34.5 Å². The number of fused-ring (bicyclic) bond motifs is 1. The van der Waals surface area contributed by atoms with Crippen molar-refractivity contribution in [3.63, 3.8) is 0 Å². The number of halogens is 2. The van der Waals surface area contributed by atoms with Gasteiger partial charge >= 0.3 is 0 Å². The summed E-state index contributed by atoms with van der Waals surface area (Å²) in [4.78, 5) is 18.3. The topological polar surface area (TPSA) is 45.2 Å². The molecule has 2 heterocycles. The molecule has 6 heteroatoms. The van der Waals surface area contributed by atoms with Crippen LogP contribution in [0.25, 0.3) is 0 Å². The molecule has 0 unspecified atom stereocenters. The number of hydrogen-bond donors (Lipinski definition) is 1. The molecule has 0 bridgehead atoms. The fraction of sp³-hybridized carbons (Fsp3) is 0.200. The van der Waals surface area contributed by atoms with Crippen LogP contribution in [0.15, 0.2) is 30.3 Å². The van der Waals surface area contributed by atoms with Crippen molar-refractivity contribution in [3.05, 3.63) is 51.6 Å². The van der Waals surface area contributed by atoms with E-state index in [2.05, 4.69) is 10.3 Å². The average molecular weight is 322 g/mol. The van der Waals surface area contributed by atoms with Crippen LogP contribution < -0.4 is 10.2 Å². The Morgan fingerprint density at radius 2 is 2.10 bits per heavy atom. The molecule has 0 aliphatic carbocycles. The summed E-state index contributed by atoms with van der Waals surface area (Å²) in [6.45, 7) is 0.334. The lowest BCUT2D eigenvalue weighted by molar-refractivity contribution is -0.117. The molecule has 0 atom stereocenters. The maximum Gasteiger partial charge on any atom is 0.231 e. The van der Waals surface area contributed by atoms with Gasteiger partial charge in [-0.1, -0.05) is 29.3 Å². The van der Waals surface area contributed by atoms with E-state index in [4.69, 9.17) is 23.2 Å². The summed E-state index contributed by atoms with van der Waals surface area (Å²) in [6.07, 6.45) is 0.385. The van der Waals surface area contributed by atoms with Gasteiger partial charge in [0.15, 0.2) is 0 Å². The summed E-state index contributed by atoms with van der Waals surface area (Å²) in [6, 6.07) is 9.05. The van der Waals surface area contributed by atoms with Crippen LogP contribution in [0.2, 0.25) is 10.0 Å². The third-order valence-corrected chi connectivity index (χ3v) is 4.04. The average Bonchev–Trinajstić information content (AvgIpc) is 2.77. The molecule has 1 N–H and O–H groups in total. The molecule has 4 nitrogen and oxygen atoms in total. The van der Waals surface area contributed by atoms with Gasteiger partial charge in [-0.2, -0.15) is 0 Å². The van der Waals surface area contributed by atoms with Crippen LogP contribution >= 0.6 is 23.2 Å². The van der Waals surface area contributed by atoms with Gasteiger partial charge in [0, 0.05) is 17.8 Å². The maximum atomic E-state index is 12.2. The van der Waals surface area contributed by atoms with Gasteiger partial charge in [-0.05, 0) is 29.8 Å². The smallest absolute Gasteiger partial charge is 0.231 e. The van der Waals surface area contributed by atoms with E-state index in [0.717, 1.165) is 11.3 Å². The highest BCUT2D eigenvalue weighted by atomic mass is 35.5. The molecule has 1 amide bonds. The van der Waals surface area contributed by atoms with Gasteiger partial charge in [0.1, 0.15) is 5.82 Å². The summed E-state index contributed by atoms with van der Waals surface area (Å²) < 4.78 is 0. The molecule has 1 aliphatic rings. The molecule has 1 aliphatic heterocycles. The zero-order valence-electron chi connectivity index (χ0n) is 11.4. The first kappa shape index (κ1) is 14.2. The molecule has 2 aromatic rings. The van der Waals surface area contributed by atoms with Crippen molar-refractivity contribution in [3.8, 4) is 0 Å². The van der Waals surface area contributed by atoms with Gasteiger partial charge in [0.25, 0.3) is 0 Å². The van der Waals surface area contributed by atoms with Crippen LogP contribution in [0.5, 0.6) is 0 Å². The number of anilines is 2. The summed E-state index contributed by atoms with van der Waals surface area (Å²) in [5, 5.41) is 4.11. The van der Waals surface area contributed by atoms with Crippen LogP contribution in [0.3, 0.4) is 0 Å². The SMILES string of the molecule is CNc1ccc(Cl)c(CN2C(=O)Cc3ccc(Cl)cc32)n1. The van der Waals surface area contributed by atoms with Crippen molar-refractivity contribution in [1.29, 1.82) is 0 Å². The highest BCUT2D eigenvalue weighted by Crippen LogP contribution is 2.33. The molecule has 0 spiro atoms. The quantitative estimate of drug-likeness (QED) is 0.940. The molecule has 1 aromatic heterocycles. The van der Waals surface area contributed by atoms with E-state index in [-0.39, 0.29) is 5.91 Å². The second-order valence-electron chi connectivity index (χ2n) is 4.80. The Hall–Kier alpha value is -1.78. The third-order valence-electron chi connectivity index (χ3n) is 3.46. The molecule has 0 saturated heterocycles. The van der Waals surface area contributed by atoms with Gasteiger partial charge in [-0.3, -0.25) is 4.79 Å². The molecular formula is C15H13Cl2N3O. The van der Waals surface area contributed by atoms with Gasteiger partial charge in [-0.15, -0.1) is 0 Å². The lowest BCUT2D eigenvalue weighted by Gasteiger charge is -2.18. The summed E-state index contributed by atoms with van der Waals surface area (Å²) in [5.41, 5.74) is 2.47. The minimum absolute atomic E-state index is 0.0278. The molecule has 0 fully saturated rings. The number of pyridine rings is 1. The highest BCUT2D eigenvalue weighted by molar-refractivity contribution is 6.31. The lowest BCUT2D eigenvalue weighted by atomic mass is 10.2. The molecule has 0 radical (unpaired) electrons. The van der Waals surface area contributed by atoms with Gasteiger partial charge < -0.3 is 10.2 Å². The van der Waals surface area contributed by atoms with Crippen LogP contribution in [0.4, 0.5) is 11.5 Å². The predicted octanol–water partition coefficient (Wildman–Crippen LogP) is 3.52. The molecule has 0 saturated carbocycles. The minimum Gasteiger partial charge on any atom is -0.373 e. The van der Waals surface area contributed by atoms with E-state index < -0.39 is 0 Å². The number of carbonyl (C=O) groups excluding carboxylic acids is 1. The minimum atomic E-state index is 0.0278. The number of rotatable bonds is 3. The molecular weight excluding hydrogens is 309 g/mol. The first-order valence-corrected chi connectivity index (χ1v) is 7.26. The van der Waals surface area contributed by atoms with Crippen molar-refractivity contribution >= 4 is 40.6 Å². The number of hydrogen-bond acceptors (Lipinski definition) is 3. The van der Waals surface area contributed by atoms with Crippen molar-refractivity contribution in [2.45, 2.75) is 13.0 Å². The standard InChI is InChI=1S/C15H13Cl2N3O/c1-18-14-5-4-11(17)12(19-14)8-20-13-7-10(16)3-2-9(13)6-15(20)21/h2-5,7H,6,8H2,1H3,(H,18,19). The summed E-state index contributed by atoms with van der Waals surface area (Å²) in [7, 11) is 1.79. The monoisotopic (exact) mass is 321 g/mol. The van der Waals surface area contributed by atoms with Crippen LogP contribution in [0.1, 0.15) is 11.3 Å². The Labute approximate surface area is 132 Å². The fourth-order valence-corrected chi connectivity index (χ4v) is 2.72. The van der Waals surface area contributed by atoms with Gasteiger partial charge in [-0.25, -0.2) is 4.98 Å². The zero-order valence-corrected chi connectivity index (χ0v) is 12.9. The summed E-state index contributed by atoms with van der Waals surface area (Å²) in [5.74, 6) is 0.743. The number of aromatic nitrogens is 1. The normalized spacial score (nSPS) is 13.5. The largest absolute Gasteiger partial charge is 0.373 e. The number of nitrogens with zero attached hydrogens (tertiary/aromatic N) is 2. The van der Waals surface area contributed by atoms with Crippen molar-refractivity contribution in [1.82, 2.24) is 4.98 Å². The van der Waals surface area contributed by atoms with Gasteiger partial charge in [0.05, 0.1) is 23.7 Å². The zero-order chi connectivity index (χ0) is 15.0. The summed E-state index contributed by atoms with van der Waals surface area (Å²) >= 11 is 12.2. The lowest BCUT2D eigenvalue weighted by Crippen LogP contribution is -2.26. The number of carbonyl (C=O) groups is 1. The van der Waals surface area contributed by atoms with Crippen LogP contribution in [-0.2, 0) is 17.8 Å².